The van der Waals surface area contributed by atoms with E-state index in [1.165, 1.54) is 11.1 Å². The van der Waals surface area contributed by atoms with Crippen molar-refractivity contribution in [3.05, 3.63) is 11.8 Å². The first kappa shape index (κ1) is 12.7. The lowest BCUT2D eigenvalue weighted by atomic mass is 9.84. The predicted octanol–water partition coefficient (Wildman–Crippen LogP) is 1.54. The van der Waals surface area contributed by atoms with Gasteiger partial charge in [0.05, 0.1) is 11.5 Å². The maximum atomic E-state index is 12.3. The maximum Gasteiger partial charge on any atom is 0.392 e. The molecule has 0 N–H and O–H groups in total. The second kappa shape index (κ2) is 4.27. The Morgan fingerprint density at radius 3 is 1.94 bits per heavy atom. The zero-order chi connectivity index (χ0) is 12.5. The van der Waals surface area contributed by atoms with Crippen LogP contribution in [0.5, 0.6) is 0 Å². The minimum absolute atomic E-state index is 0.134. The van der Waals surface area contributed by atoms with E-state index in [1.807, 2.05) is 0 Å². The molecule has 1 fully saturated rings. The van der Waals surface area contributed by atoms with Crippen LogP contribution in [0.4, 0.5) is 13.2 Å². The topological polar surface area (TPSA) is 37.4 Å². The molecule has 0 aromatic heterocycles. The predicted molar refractivity (Wildman–Crippen MR) is 50.6 cm³/mol. The molecule has 0 aromatic rings. The van der Waals surface area contributed by atoms with E-state index in [9.17, 15) is 22.8 Å². The molecular formula is C10H12F3NO2. The summed E-state index contributed by atoms with van der Waals surface area (Å²) in [6.45, 7) is 0. The lowest BCUT2D eigenvalue weighted by molar-refractivity contribution is -0.183. The van der Waals surface area contributed by atoms with Crippen LogP contribution in [-0.4, -0.2) is 36.7 Å². The molecular weight excluding hydrogens is 223 g/mol. The number of hydrogen-bond donors (Lipinski definition) is 0. The van der Waals surface area contributed by atoms with Crippen LogP contribution in [0, 0.1) is 5.92 Å². The second-order valence-electron chi connectivity index (χ2n) is 4.00. The van der Waals surface area contributed by atoms with Gasteiger partial charge in [0.2, 0.25) is 0 Å². The zero-order valence-corrected chi connectivity index (χ0v) is 8.97. The Bertz CT molecular complexity index is 324. The van der Waals surface area contributed by atoms with Crippen LogP contribution in [0.2, 0.25) is 0 Å². The Balaban J connectivity index is 2.89. The van der Waals surface area contributed by atoms with Crippen molar-refractivity contribution in [3.8, 4) is 0 Å². The van der Waals surface area contributed by atoms with Gasteiger partial charge in [-0.2, -0.15) is 13.2 Å². The Hall–Kier alpha value is -1.33. The Morgan fingerprint density at radius 1 is 1.19 bits per heavy atom. The molecule has 0 bridgehead atoms. The maximum absolute atomic E-state index is 12.3. The summed E-state index contributed by atoms with van der Waals surface area (Å²) >= 11 is 0. The summed E-state index contributed by atoms with van der Waals surface area (Å²) in [7, 11) is 3.20. The van der Waals surface area contributed by atoms with Crippen LogP contribution in [0.15, 0.2) is 11.8 Å². The van der Waals surface area contributed by atoms with Crippen molar-refractivity contribution in [2.45, 2.75) is 19.0 Å². The van der Waals surface area contributed by atoms with Crippen molar-refractivity contribution in [2.24, 2.45) is 5.92 Å². The fraction of sp³-hybridized carbons (Fsp3) is 0.600. The Kier molecular flexibility index (Phi) is 3.40. The van der Waals surface area contributed by atoms with Gasteiger partial charge in [0.25, 0.3) is 0 Å². The molecule has 0 atom stereocenters. The Labute approximate surface area is 90.9 Å². The van der Waals surface area contributed by atoms with E-state index in [2.05, 4.69) is 0 Å². The minimum Gasteiger partial charge on any atom is -0.383 e. The molecule has 0 unspecified atom stereocenters. The van der Waals surface area contributed by atoms with Crippen molar-refractivity contribution in [2.75, 3.05) is 14.1 Å². The van der Waals surface area contributed by atoms with E-state index in [4.69, 9.17) is 0 Å². The van der Waals surface area contributed by atoms with E-state index >= 15 is 0 Å². The number of alkyl halides is 3. The minimum atomic E-state index is -4.48. The van der Waals surface area contributed by atoms with Crippen LogP contribution in [-0.2, 0) is 9.59 Å². The molecule has 1 aliphatic carbocycles. The number of carbonyl (C=O) groups is 2. The van der Waals surface area contributed by atoms with Crippen molar-refractivity contribution in [1.82, 2.24) is 4.90 Å². The van der Waals surface area contributed by atoms with Crippen LogP contribution < -0.4 is 0 Å². The second-order valence-corrected chi connectivity index (χ2v) is 4.00. The smallest absolute Gasteiger partial charge is 0.383 e. The number of hydrogen-bond acceptors (Lipinski definition) is 3. The van der Waals surface area contributed by atoms with E-state index < -0.39 is 36.5 Å². The van der Waals surface area contributed by atoms with Gasteiger partial charge in [0.1, 0.15) is 0 Å². The summed E-state index contributed by atoms with van der Waals surface area (Å²) in [5, 5.41) is 0. The van der Waals surface area contributed by atoms with Crippen LogP contribution in [0.3, 0.4) is 0 Å². The number of allylic oxidation sites excluding steroid dienone is 1. The first-order chi connectivity index (χ1) is 7.21. The van der Waals surface area contributed by atoms with Gasteiger partial charge >= 0.3 is 6.18 Å². The van der Waals surface area contributed by atoms with E-state index in [0.29, 0.717) is 0 Å². The fourth-order valence-corrected chi connectivity index (χ4v) is 1.53. The van der Waals surface area contributed by atoms with Gasteiger partial charge in [0, 0.05) is 33.1 Å². The molecule has 0 radical (unpaired) electrons. The first-order valence-corrected chi connectivity index (χ1v) is 4.73. The van der Waals surface area contributed by atoms with E-state index in [0.717, 1.165) is 0 Å². The van der Waals surface area contributed by atoms with Crippen LogP contribution >= 0.6 is 0 Å². The monoisotopic (exact) mass is 235 g/mol. The highest BCUT2D eigenvalue weighted by atomic mass is 19.4. The van der Waals surface area contributed by atoms with E-state index in [-0.39, 0.29) is 5.57 Å². The molecule has 3 nitrogen and oxygen atoms in total. The van der Waals surface area contributed by atoms with Gasteiger partial charge in [-0.05, 0) is 0 Å². The summed E-state index contributed by atoms with van der Waals surface area (Å²) in [6, 6.07) is 0. The molecule has 0 heterocycles. The number of ketones is 2. The number of nitrogens with zero attached hydrogens (tertiary/aromatic N) is 1. The lowest BCUT2D eigenvalue weighted by Gasteiger charge is -2.24. The van der Waals surface area contributed by atoms with Crippen LogP contribution in [0.25, 0.3) is 0 Å². The average Bonchev–Trinajstić information content (AvgIpc) is 2.09. The van der Waals surface area contributed by atoms with Gasteiger partial charge in [-0.3, -0.25) is 9.59 Å². The molecule has 0 saturated heterocycles. The molecule has 0 amide bonds. The molecule has 0 spiro atoms. The molecule has 0 aromatic carbocycles. The number of rotatable bonds is 1. The lowest BCUT2D eigenvalue weighted by Crippen LogP contribution is -2.35. The Morgan fingerprint density at radius 2 is 1.62 bits per heavy atom. The van der Waals surface area contributed by atoms with Gasteiger partial charge in [0.15, 0.2) is 11.6 Å². The van der Waals surface area contributed by atoms with Crippen LogP contribution in [0.1, 0.15) is 12.8 Å². The third-order valence-electron chi connectivity index (χ3n) is 2.31. The summed E-state index contributed by atoms with van der Waals surface area (Å²) in [6.07, 6.45) is -4.46. The van der Waals surface area contributed by atoms with Gasteiger partial charge in [-0.25, -0.2) is 0 Å². The summed E-state index contributed by atoms with van der Waals surface area (Å²) in [5.41, 5.74) is -0.134. The third-order valence-corrected chi connectivity index (χ3v) is 2.31. The average molecular weight is 235 g/mol. The van der Waals surface area contributed by atoms with Crippen molar-refractivity contribution in [1.29, 1.82) is 0 Å². The highest BCUT2D eigenvalue weighted by Gasteiger charge is 2.46. The molecule has 6 heteroatoms. The SMILES string of the molecule is CN(C)C=C1C(=O)CC(C(F)(F)F)CC1=O. The van der Waals surface area contributed by atoms with E-state index in [1.54, 1.807) is 14.1 Å². The first-order valence-electron chi connectivity index (χ1n) is 4.73. The van der Waals surface area contributed by atoms with Crippen molar-refractivity contribution in [3.63, 3.8) is 0 Å². The highest BCUT2D eigenvalue weighted by Crippen LogP contribution is 2.36. The normalized spacial score (nSPS) is 22.3. The summed E-state index contributed by atoms with van der Waals surface area (Å²) in [5.74, 6) is -3.29. The summed E-state index contributed by atoms with van der Waals surface area (Å²) < 4.78 is 37.0. The number of halogens is 3. The summed E-state index contributed by atoms with van der Waals surface area (Å²) in [4.78, 5) is 24.2. The molecule has 90 valence electrons. The molecule has 1 rings (SSSR count). The largest absolute Gasteiger partial charge is 0.392 e. The molecule has 1 aliphatic rings. The van der Waals surface area contributed by atoms with Gasteiger partial charge < -0.3 is 4.90 Å². The van der Waals surface area contributed by atoms with Crippen molar-refractivity contribution < 1.29 is 22.8 Å². The van der Waals surface area contributed by atoms with Gasteiger partial charge in [-0.1, -0.05) is 0 Å². The number of carbonyl (C=O) groups excluding carboxylic acids is 2. The standard InChI is InChI=1S/C10H12F3NO2/c1-14(2)5-7-8(15)3-6(4-9(7)16)10(11,12)13/h5-6H,3-4H2,1-2H3. The molecule has 0 aliphatic heterocycles. The fourth-order valence-electron chi connectivity index (χ4n) is 1.53. The molecule has 16 heavy (non-hydrogen) atoms. The van der Waals surface area contributed by atoms with Crippen molar-refractivity contribution >= 4 is 11.6 Å². The quantitative estimate of drug-likeness (QED) is 0.511. The van der Waals surface area contributed by atoms with Gasteiger partial charge in [-0.15, -0.1) is 0 Å². The third kappa shape index (κ3) is 2.84. The molecule has 1 saturated carbocycles. The highest BCUT2D eigenvalue weighted by molar-refractivity contribution is 6.21. The number of Topliss-reactive ketones (excluding diaryl/α,β-unsaturated/α-hetero) is 2. The zero-order valence-electron chi connectivity index (χ0n) is 8.97.